The molecule has 2 aromatic rings. The van der Waals surface area contributed by atoms with Gasteiger partial charge in [-0.25, -0.2) is 4.99 Å². The second-order valence-corrected chi connectivity index (χ2v) is 6.70. The number of rotatable bonds is 2. The van der Waals surface area contributed by atoms with E-state index >= 15 is 0 Å². The Hall–Kier alpha value is -1.99. The quantitative estimate of drug-likeness (QED) is 0.817. The third kappa shape index (κ3) is 3.82. The SMILES string of the molecule is Cc1ccc(C2(C(F)(F)F)N=C(Nc3ccccc3)SCCO2)cc1. The van der Waals surface area contributed by atoms with Crippen LogP contribution in [0.1, 0.15) is 11.1 Å². The number of hydrogen-bond donors (Lipinski definition) is 1. The molecule has 1 N–H and O–H groups in total. The van der Waals surface area contributed by atoms with Crippen LogP contribution in [0.3, 0.4) is 0 Å². The maximum atomic E-state index is 14.0. The van der Waals surface area contributed by atoms with Gasteiger partial charge in [0.25, 0.3) is 5.72 Å². The van der Waals surface area contributed by atoms with Crippen molar-refractivity contribution in [3.8, 4) is 0 Å². The van der Waals surface area contributed by atoms with E-state index in [4.69, 9.17) is 4.74 Å². The number of para-hydroxylation sites is 1. The first-order valence-corrected chi connectivity index (χ1v) is 8.72. The predicted molar refractivity (Wildman–Crippen MR) is 94.8 cm³/mol. The Labute approximate surface area is 148 Å². The Morgan fingerprint density at radius 3 is 2.40 bits per heavy atom. The van der Waals surface area contributed by atoms with Gasteiger partial charge in [0.1, 0.15) is 0 Å². The van der Waals surface area contributed by atoms with E-state index < -0.39 is 11.9 Å². The first-order valence-electron chi connectivity index (χ1n) is 7.73. The van der Waals surface area contributed by atoms with Gasteiger partial charge in [-0.3, -0.25) is 0 Å². The highest BCUT2D eigenvalue weighted by atomic mass is 32.2. The Balaban J connectivity index is 2.05. The van der Waals surface area contributed by atoms with E-state index in [1.165, 1.54) is 23.9 Å². The summed E-state index contributed by atoms with van der Waals surface area (Å²) < 4.78 is 47.3. The summed E-state index contributed by atoms with van der Waals surface area (Å²) in [5.41, 5.74) is -1.19. The average Bonchev–Trinajstić information content (AvgIpc) is 2.79. The van der Waals surface area contributed by atoms with E-state index in [9.17, 15) is 13.2 Å². The molecular weight excluding hydrogens is 349 g/mol. The number of nitrogens with one attached hydrogen (secondary N) is 1. The summed E-state index contributed by atoms with van der Waals surface area (Å²) in [7, 11) is 0. The maximum Gasteiger partial charge on any atom is 0.443 e. The normalized spacial score (nSPS) is 21.4. The molecule has 1 aliphatic heterocycles. The Morgan fingerprint density at radius 1 is 1.08 bits per heavy atom. The summed E-state index contributed by atoms with van der Waals surface area (Å²) in [6.45, 7) is 1.76. The molecule has 132 valence electrons. The first-order chi connectivity index (χ1) is 11.9. The summed E-state index contributed by atoms with van der Waals surface area (Å²) in [6, 6.07) is 15.1. The van der Waals surface area contributed by atoms with Gasteiger partial charge in [0, 0.05) is 17.0 Å². The van der Waals surface area contributed by atoms with Crippen LogP contribution in [0.2, 0.25) is 0 Å². The van der Waals surface area contributed by atoms with Crippen molar-refractivity contribution in [1.82, 2.24) is 0 Å². The molecule has 0 spiro atoms. The molecule has 1 atom stereocenters. The zero-order valence-corrected chi connectivity index (χ0v) is 14.3. The molecule has 1 unspecified atom stereocenters. The van der Waals surface area contributed by atoms with Gasteiger partial charge in [0.2, 0.25) is 0 Å². The van der Waals surface area contributed by atoms with E-state index in [1.54, 1.807) is 36.4 Å². The third-order valence-electron chi connectivity index (χ3n) is 3.74. The Bertz CT molecular complexity index is 747. The third-order valence-corrected chi connectivity index (χ3v) is 4.58. The van der Waals surface area contributed by atoms with Crippen LogP contribution >= 0.6 is 11.8 Å². The van der Waals surface area contributed by atoms with Crippen molar-refractivity contribution < 1.29 is 17.9 Å². The molecule has 1 aliphatic rings. The fourth-order valence-corrected chi connectivity index (χ4v) is 3.22. The Morgan fingerprint density at radius 2 is 1.76 bits per heavy atom. The molecule has 0 aromatic heterocycles. The number of anilines is 1. The molecule has 0 bridgehead atoms. The summed E-state index contributed by atoms with van der Waals surface area (Å²) in [5.74, 6) is 0.377. The van der Waals surface area contributed by atoms with E-state index in [1.807, 2.05) is 13.0 Å². The van der Waals surface area contributed by atoms with Gasteiger partial charge in [0.15, 0.2) is 5.17 Å². The summed E-state index contributed by atoms with van der Waals surface area (Å²) >= 11 is 1.21. The molecule has 0 fully saturated rings. The van der Waals surface area contributed by atoms with Gasteiger partial charge in [-0.1, -0.05) is 59.8 Å². The van der Waals surface area contributed by atoms with Crippen LogP contribution < -0.4 is 5.32 Å². The van der Waals surface area contributed by atoms with Crippen LogP contribution in [0.4, 0.5) is 18.9 Å². The summed E-state index contributed by atoms with van der Waals surface area (Å²) in [5, 5.41) is 3.14. The van der Waals surface area contributed by atoms with Crippen LogP contribution in [-0.4, -0.2) is 23.7 Å². The minimum Gasteiger partial charge on any atom is -0.342 e. The van der Waals surface area contributed by atoms with Gasteiger partial charge in [0.05, 0.1) is 6.61 Å². The molecule has 0 amide bonds. The van der Waals surface area contributed by atoms with Gasteiger partial charge in [-0.15, -0.1) is 0 Å². The van der Waals surface area contributed by atoms with Crippen LogP contribution in [0.15, 0.2) is 59.6 Å². The van der Waals surface area contributed by atoms with Crippen LogP contribution in [0.5, 0.6) is 0 Å². The molecule has 25 heavy (non-hydrogen) atoms. The van der Waals surface area contributed by atoms with Crippen molar-refractivity contribution in [3.05, 3.63) is 65.7 Å². The smallest absolute Gasteiger partial charge is 0.342 e. The highest BCUT2D eigenvalue weighted by molar-refractivity contribution is 8.14. The molecule has 1 heterocycles. The molecule has 0 saturated heterocycles. The number of alkyl halides is 3. The topological polar surface area (TPSA) is 33.6 Å². The zero-order valence-electron chi connectivity index (χ0n) is 13.5. The second kappa shape index (κ2) is 7.09. The van der Waals surface area contributed by atoms with Gasteiger partial charge < -0.3 is 10.1 Å². The largest absolute Gasteiger partial charge is 0.443 e. The fourth-order valence-electron chi connectivity index (χ4n) is 2.48. The van der Waals surface area contributed by atoms with Crippen LogP contribution in [0.25, 0.3) is 0 Å². The Kier molecular flexibility index (Phi) is 5.06. The van der Waals surface area contributed by atoms with E-state index in [0.29, 0.717) is 11.4 Å². The number of aliphatic imine (C=N–C) groups is 1. The van der Waals surface area contributed by atoms with Crippen molar-refractivity contribution in [3.63, 3.8) is 0 Å². The lowest BCUT2D eigenvalue weighted by Crippen LogP contribution is -2.44. The lowest BCUT2D eigenvalue weighted by molar-refractivity contribution is -0.279. The number of hydrogen-bond acceptors (Lipinski definition) is 4. The average molecular weight is 366 g/mol. The van der Waals surface area contributed by atoms with Crippen molar-refractivity contribution in [2.75, 3.05) is 17.7 Å². The standard InChI is InChI=1S/C18H17F3N2OS/c1-13-7-9-14(10-8-13)17(18(19,20)21)23-16(25-12-11-24-17)22-15-5-3-2-4-6-15/h2-10H,11-12H2,1H3,(H,22,23). The second-order valence-electron chi connectivity index (χ2n) is 5.61. The van der Waals surface area contributed by atoms with Crippen molar-refractivity contribution in [2.45, 2.75) is 18.8 Å². The van der Waals surface area contributed by atoms with Gasteiger partial charge in [-0.2, -0.15) is 13.2 Å². The molecule has 3 nitrogen and oxygen atoms in total. The van der Waals surface area contributed by atoms with Crippen LogP contribution in [0, 0.1) is 6.92 Å². The van der Waals surface area contributed by atoms with Crippen molar-refractivity contribution in [1.29, 1.82) is 0 Å². The summed E-state index contributed by atoms with van der Waals surface area (Å²) in [4.78, 5) is 3.99. The number of thioether (sulfide) groups is 1. The number of benzene rings is 2. The molecular formula is C18H17F3N2OS. The highest BCUT2D eigenvalue weighted by Gasteiger charge is 2.59. The first kappa shape index (κ1) is 17.8. The molecule has 7 heteroatoms. The number of ether oxygens (including phenoxy) is 1. The number of amidine groups is 1. The predicted octanol–water partition coefficient (Wildman–Crippen LogP) is 4.94. The number of aryl methyl sites for hydroxylation is 1. The minimum atomic E-state index is -4.68. The lowest BCUT2D eigenvalue weighted by atomic mass is 10.0. The van der Waals surface area contributed by atoms with Gasteiger partial charge in [-0.05, 0) is 19.1 Å². The van der Waals surface area contributed by atoms with E-state index in [-0.39, 0.29) is 17.3 Å². The molecule has 3 rings (SSSR count). The molecule has 0 aliphatic carbocycles. The highest BCUT2D eigenvalue weighted by Crippen LogP contribution is 2.45. The maximum absolute atomic E-state index is 14.0. The monoisotopic (exact) mass is 366 g/mol. The summed E-state index contributed by atoms with van der Waals surface area (Å²) in [6.07, 6.45) is -4.68. The fraction of sp³-hybridized carbons (Fsp3) is 0.278. The lowest BCUT2D eigenvalue weighted by Gasteiger charge is -2.31. The van der Waals surface area contributed by atoms with E-state index in [2.05, 4.69) is 10.3 Å². The minimum absolute atomic E-state index is 0.0274. The molecule has 0 saturated carbocycles. The van der Waals surface area contributed by atoms with Crippen molar-refractivity contribution >= 4 is 22.6 Å². The van der Waals surface area contributed by atoms with Crippen LogP contribution in [-0.2, 0) is 10.5 Å². The molecule has 0 radical (unpaired) electrons. The van der Waals surface area contributed by atoms with E-state index in [0.717, 1.165) is 5.56 Å². The van der Waals surface area contributed by atoms with Crippen molar-refractivity contribution in [2.24, 2.45) is 4.99 Å². The van der Waals surface area contributed by atoms with Gasteiger partial charge >= 0.3 is 6.18 Å². The number of nitrogens with zero attached hydrogens (tertiary/aromatic N) is 1. The molecule has 2 aromatic carbocycles. The number of halogens is 3. The zero-order chi connectivity index (χ0) is 17.9.